The van der Waals surface area contributed by atoms with Crippen molar-refractivity contribution in [1.29, 1.82) is 0 Å². The lowest BCUT2D eigenvalue weighted by Gasteiger charge is -2.13. The van der Waals surface area contributed by atoms with E-state index in [4.69, 9.17) is 11.6 Å². The number of aryl methyl sites for hydroxylation is 2. The van der Waals surface area contributed by atoms with E-state index >= 15 is 0 Å². The molecule has 0 saturated heterocycles. The van der Waals surface area contributed by atoms with Crippen molar-refractivity contribution in [3.63, 3.8) is 0 Å². The van der Waals surface area contributed by atoms with Crippen molar-refractivity contribution in [3.05, 3.63) is 90.7 Å². The number of nitrogens with one attached hydrogen (secondary N) is 1. The number of amides is 1. The van der Waals surface area contributed by atoms with Gasteiger partial charge in [0.25, 0.3) is 11.5 Å². The zero-order valence-electron chi connectivity index (χ0n) is 17.4. The minimum Gasteiger partial charge on any atom is -0.350 e. The van der Waals surface area contributed by atoms with E-state index in [1.54, 1.807) is 18.2 Å². The third-order valence-electron chi connectivity index (χ3n) is 5.35. The van der Waals surface area contributed by atoms with Crippen LogP contribution in [-0.4, -0.2) is 26.8 Å². The van der Waals surface area contributed by atoms with Gasteiger partial charge in [-0.25, -0.2) is 4.79 Å². The van der Waals surface area contributed by atoms with Gasteiger partial charge in [0, 0.05) is 11.6 Å². The molecule has 3 aromatic rings. The van der Waals surface area contributed by atoms with Crippen molar-refractivity contribution in [2.75, 3.05) is 6.54 Å². The lowest BCUT2D eigenvalue weighted by Crippen LogP contribution is -2.46. The van der Waals surface area contributed by atoms with E-state index in [0.29, 0.717) is 23.2 Å². The van der Waals surface area contributed by atoms with Crippen molar-refractivity contribution in [1.82, 2.24) is 19.7 Å². The second-order valence-corrected chi connectivity index (χ2v) is 8.42. The lowest BCUT2D eigenvalue weighted by atomic mass is 10.1. The third kappa shape index (κ3) is 4.61. The fourth-order valence-corrected chi connectivity index (χ4v) is 3.49. The van der Waals surface area contributed by atoms with Crippen LogP contribution in [0.25, 0.3) is 5.69 Å². The van der Waals surface area contributed by atoms with Crippen molar-refractivity contribution in [2.24, 2.45) is 5.92 Å². The maximum absolute atomic E-state index is 13.2. The van der Waals surface area contributed by atoms with Crippen molar-refractivity contribution in [3.8, 4) is 5.69 Å². The van der Waals surface area contributed by atoms with Crippen LogP contribution in [0.1, 0.15) is 40.0 Å². The summed E-state index contributed by atoms with van der Waals surface area (Å²) < 4.78 is 2.11. The molecule has 31 heavy (non-hydrogen) atoms. The summed E-state index contributed by atoms with van der Waals surface area (Å²) in [6.07, 6.45) is 2.12. The first kappa shape index (κ1) is 21.1. The van der Waals surface area contributed by atoms with Crippen molar-refractivity contribution < 1.29 is 4.79 Å². The van der Waals surface area contributed by atoms with E-state index in [1.807, 2.05) is 38.1 Å². The number of hydrogen-bond acceptors (Lipinski definition) is 4. The van der Waals surface area contributed by atoms with E-state index in [9.17, 15) is 14.4 Å². The van der Waals surface area contributed by atoms with Crippen LogP contribution in [0.2, 0.25) is 5.02 Å². The molecule has 0 aliphatic heterocycles. The van der Waals surface area contributed by atoms with E-state index in [2.05, 4.69) is 10.4 Å². The molecule has 2 aromatic carbocycles. The van der Waals surface area contributed by atoms with Crippen LogP contribution in [0.5, 0.6) is 0 Å². The molecule has 8 heteroatoms. The molecule has 1 fully saturated rings. The number of carbonyl (C=O) groups is 1. The molecule has 1 aliphatic carbocycles. The first-order valence-corrected chi connectivity index (χ1v) is 10.6. The molecule has 0 radical (unpaired) electrons. The van der Waals surface area contributed by atoms with Crippen LogP contribution >= 0.6 is 11.6 Å². The van der Waals surface area contributed by atoms with E-state index < -0.39 is 17.2 Å². The van der Waals surface area contributed by atoms with Gasteiger partial charge >= 0.3 is 5.69 Å². The Balaban J connectivity index is 1.84. The molecule has 0 bridgehead atoms. The van der Waals surface area contributed by atoms with E-state index in [1.165, 1.54) is 0 Å². The minimum atomic E-state index is -0.714. The van der Waals surface area contributed by atoms with E-state index in [-0.39, 0.29) is 12.2 Å². The maximum Gasteiger partial charge on any atom is 0.352 e. The van der Waals surface area contributed by atoms with Gasteiger partial charge in [-0.3, -0.25) is 14.2 Å². The Hall–Kier alpha value is -3.19. The van der Waals surface area contributed by atoms with Gasteiger partial charge in [0.1, 0.15) is 0 Å². The Kier molecular flexibility index (Phi) is 5.78. The summed E-state index contributed by atoms with van der Waals surface area (Å²) in [7, 11) is 0. The van der Waals surface area contributed by atoms with Crippen LogP contribution in [0, 0.1) is 19.8 Å². The Bertz CT molecular complexity index is 1270. The highest BCUT2D eigenvalue weighted by Gasteiger charge is 2.25. The predicted molar refractivity (Wildman–Crippen MR) is 119 cm³/mol. The summed E-state index contributed by atoms with van der Waals surface area (Å²) in [6.45, 7) is 4.30. The normalized spacial score (nSPS) is 13.3. The fourth-order valence-electron chi connectivity index (χ4n) is 3.31. The molecule has 1 N–H and O–H groups in total. The summed E-state index contributed by atoms with van der Waals surface area (Å²) in [5.74, 6) is -0.137. The van der Waals surface area contributed by atoms with Gasteiger partial charge < -0.3 is 5.32 Å². The SMILES string of the molecule is Cc1cccc(Cn2c(=O)c(C(=O)NCC3CC3)nn(-c3ccc(C)c(Cl)c3)c2=O)c1. The van der Waals surface area contributed by atoms with Crippen LogP contribution in [0.15, 0.2) is 52.1 Å². The maximum atomic E-state index is 13.2. The molecule has 0 spiro atoms. The highest BCUT2D eigenvalue weighted by atomic mass is 35.5. The Labute approximate surface area is 184 Å². The fraction of sp³-hybridized carbons (Fsp3) is 0.304. The first-order valence-electron chi connectivity index (χ1n) is 10.2. The van der Waals surface area contributed by atoms with Gasteiger partial charge in [-0.15, -0.1) is 0 Å². The van der Waals surface area contributed by atoms with Gasteiger partial charge in [0.05, 0.1) is 12.2 Å². The number of nitrogens with zero attached hydrogens (tertiary/aromatic N) is 3. The number of carbonyl (C=O) groups excluding carboxylic acids is 1. The van der Waals surface area contributed by atoms with Crippen LogP contribution in [0.4, 0.5) is 0 Å². The standard InChI is InChI=1S/C23H23ClN4O3/c1-14-4-3-5-17(10-14)13-27-22(30)20(21(29)25-12-16-7-8-16)26-28(23(27)31)18-9-6-15(2)19(24)11-18/h3-6,9-11,16H,7-8,12-13H2,1-2H3,(H,25,29). The lowest BCUT2D eigenvalue weighted by molar-refractivity contribution is 0.0942. The number of aromatic nitrogens is 3. The zero-order valence-corrected chi connectivity index (χ0v) is 18.1. The molecular weight excluding hydrogens is 416 g/mol. The van der Waals surface area contributed by atoms with Crippen LogP contribution in [-0.2, 0) is 6.54 Å². The second-order valence-electron chi connectivity index (χ2n) is 8.01. The monoisotopic (exact) mass is 438 g/mol. The summed E-state index contributed by atoms with van der Waals surface area (Å²) in [6, 6.07) is 12.6. The second kappa shape index (κ2) is 8.51. The topological polar surface area (TPSA) is 86.0 Å². The summed E-state index contributed by atoms with van der Waals surface area (Å²) in [5.41, 5.74) is 1.35. The Morgan fingerprint density at radius 2 is 1.94 bits per heavy atom. The highest BCUT2D eigenvalue weighted by Crippen LogP contribution is 2.27. The molecule has 0 atom stereocenters. The number of halogens is 1. The minimum absolute atomic E-state index is 0.0321. The number of hydrogen-bond donors (Lipinski definition) is 1. The highest BCUT2D eigenvalue weighted by molar-refractivity contribution is 6.31. The molecular formula is C23H23ClN4O3. The third-order valence-corrected chi connectivity index (χ3v) is 5.75. The van der Waals surface area contributed by atoms with Gasteiger partial charge in [-0.05, 0) is 55.9 Å². The number of benzene rings is 2. The van der Waals surface area contributed by atoms with E-state index in [0.717, 1.165) is 38.8 Å². The quantitative estimate of drug-likeness (QED) is 0.641. The van der Waals surface area contributed by atoms with Crippen molar-refractivity contribution in [2.45, 2.75) is 33.2 Å². The average molecular weight is 439 g/mol. The summed E-state index contributed by atoms with van der Waals surface area (Å²) >= 11 is 6.24. The predicted octanol–water partition coefficient (Wildman–Crippen LogP) is 2.85. The average Bonchev–Trinajstić information content (AvgIpc) is 3.56. The van der Waals surface area contributed by atoms with Gasteiger partial charge in [0.15, 0.2) is 0 Å². The van der Waals surface area contributed by atoms with Crippen LogP contribution in [0.3, 0.4) is 0 Å². The molecule has 1 aromatic heterocycles. The Morgan fingerprint density at radius 3 is 2.61 bits per heavy atom. The molecule has 1 heterocycles. The molecule has 0 unspecified atom stereocenters. The molecule has 1 aliphatic rings. The molecule has 4 rings (SSSR count). The van der Waals surface area contributed by atoms with Crippen molar-refractivity contribution >= 4 is 17.5 Å². The van der Waals surface area contributed by atoms with Gasteiger partial charge in [0.2, 0.25) is 5.69 Å². The number of rotatable bonds is 6. The molecule has 160 valence electrons. The van der Waals surface area contributed by atoms with Gasteiger partial charge in [-0.1, -0.05) is 47.5 Å². The molecule has 7 nitrogen and oxygen atoms in total. The Morgan fingerprint density at radius 1 is 1.16 bits per heavy atom. The molecule has 1 saturated carbocycles. The summed E-state index contributed by atoms with van der Waals surface area (Å²) in [4.78, 5) is 39.0. The van der Waals surface area contributed by atoms with Gasteiger partial charge in [-0.2, -0.15) is 9.78 Å². The first-order chi connectivity index (χ1) is 14.8. The smallest absolute Gasteiger partial charge is 0.350 e. The largest absolute Gasteiger partial charge is 0.352 e. The zero-order chi connectivity index (χ0) is 22.1. The van der Waals surface area contributed by atoms with Crippen LogP contribution < -0.4 is 16.6 Å². The summed E-state index contributed by atoms with van der Waals surface area (Å²) in [5, 5.41) is 7.36. The molecule has 1 amide bonds.